The molecule has 2 aliphatic heterocycles. The molecule has 6 heterocycles. The molecule has 0 bridgehead atoms. The molecule has 252 valence electrons. The van der Waals surface area contributed by atoms with Gasteiger partial charge in [-0.1, -0.05) is 98.0 Å². The molecule has 2 aliphatic rings. The zero-order valence-corrected chi connectivity index (χ0v) is 33.4. The van der Waals surface area contributed by atoms with Crippen LogP contribution in [0.5, 0.6) is 0 Å². The van der Waals surface area contributed by atoms with Gasteiger partial charge in [-0.15, -0.1) is 45.3 Å². The Balaban J connectivity index is 1.42. The summed E-state index contributed by atoms with van der Waals surface area (Å²) in [6.07, 6.45) is 14.2. The van der Waals surface area contributed by atoms with Gasteiger partial charge in [0.1, 0.15) is 0 Å². The lowest BCUT2D eigenvalue weighted by atomic mass is 10.0. The van der Waals surface area contributed by atoms with E-state index in [4.69, 9.17) is 0 Å². The molecule has 8 heteroatoms. The third-order valence-electron chi connectivity index (χ3n) is 10.4. The number of rotatable bonds is 17. The normalized spacial score (nSPS) is 17.5. The van der Waals surface area contributed by atoms with Crippen LogP contribution in [0.15, 0.2) is 24.3 Å². The fourth-order valence-electron chi connectivity index (χ4n) is 7.88. The average Bonchev–Trinajstić information content (AvgIpc) is 3.89. The summed E-state index contributed by atoms with van der Waals surface area (Å²) in [5.41, 5.74) is 1.34. The van der Waals surface area contributed by atoms with Crippen LogP contribution in [0, 0.1) is 19.8 Å². The predicted octanol–water partition coefficient (Wildman–Crippen LogP) is 10.8. The van der Waals surface area contributed by atoms with Crippen LogP contribution in [0.1, 0.15) is 134 Å². The summed E-state index contributed by atoms with van der Waals surface area (Å²) >= 11 is 7.59. The Morgan fingerprint density at radius 3 is 2.17 bits per heavy atom. The van der Waals surface area contributed by atoms with Crippen LogP contribution in [0.2, 0.25) is 6.04 Å². The summed E-state index contributed by atoms with van der Waals surface area (Å²) in [6, 6.07) is 11.2. The summed E-state index contributed by atoms with van der Waals surface area (Å²) in [5, 5.41) is 3.20. The van der Waals surface area contributed by atoms with E-state index >= 15 is 0 Å². The van der Waals surface area contributed by atoms with Gasteiger partial charge in [0.2, 0.25) is 0 Å². The maximum Gasteiger partial charge on any atom is 0.263 e. The van der Waals surface area contributed by atoms with Crippen molar-refractivity contribution in [3.63, 3.8) is 0 Å². The molecule has 2 atom stereocenters. The van der Waals surface area contributed by atoms with Gasteiger partial charge in [0.15, 0.2) is 8.07 Å². The van der Waals surface area contributed by atoms with E-state index in [0.29, 0.717) is 23.6 Å². The second-order valence-corrected chi connectivity index (χ2v) is 22.7. The molecule has 2 amide bonds. The molecule has 0 saturated carbocycles. The van der Waals surface area contributed by atoms with E-state index in [9.17, 15) is 9.59 Å². The molecule has 47 heavy (non-hydrogen) atoms. The van der Waals surface area contributed by atoms with E-state index in [-0.39, 0.29) is 11.8 Å². The van der Waals surface area contributed by atoms with Gasteiger partial charge in [0.25, 0.3) is 11.8 Å². The quantitative estimate of drug-likeness (QED) is 0.0618. The van der Waals surface area contributed by atoms with Crippen LogP contribution in [-0.2, 0) is 6.42 Å². The number of carbonyl (C=O) groups is 2. The van der Waals surface area contributed by atoms with E-state index in [1.165, 1.54) is 88.2 Å². The summed E-state index contributed by atoms with van der Waals surface area (Å²) in [7, 11) is -2.30. The van der Waals surface area contributed by atoms with Crippen molar-refractivity contribution in [2.24, 2.45) is 5.92 Å². The van der Waals surface area contributed by atoms with Crippen LogP contribution < -0.4 is 14.9 Å². The molecule has 0 spiro atoms. The standard InChI is InChI=1S/C39H51NO2S4Si/c1-7-11-13-14-15-16-21-40-38(41)33-26(6)44-35(34(33)39(40)42)29-23-31-37(46-29)36-30(22-25(5)43-36)47(31,24-27(10-4)18-12-8-2)32-20-19-28(45-32)17-9-3/h19-20,22-23,27H,7-18,21,24H2,1-6H3. The summed E-state index contributed by atoms with van der Waals surface area (Å²) in [5.74, 6) is 0.547. The van der Waals surface area contributed by atoms with E-state index in [0.717, 1.165) is 29.0 Å². The SMILES string of the molecule is CCCCCCCCN1C(=O)c2c(C)sc(-c3cc4c(s3)-c3sc(C)cc3[Si]4(CC(CC)CCCC)c3ccc(CCC)s3)c2C1=O. The highest BCUT2D eigenvalue weighted by Crippen LogP contribution is 2.49. The fourth-order valence-corrected chi connectivity index (χ4v) is 20.9. The molecular weight excluding hydrogens is 671 g/mol. The molecule has 4 aromatic rings. The summed E-state index contributed by atoms with van der Waals surface area (Å²) < 4.78 is 1.61. The Morgan fingerprint density at radius 1 is 0.723 bits per heavy atom. The van der Waals surface area contributed by atoms with E-state index in [2.05, 4.69) is 70.2 Å². The highest BCUT2D eigenvalue weighted by atomic mass is 32.1. The van der Waals surface area contributed by atoms with Crippen molar-refractivity contribution in [2.75, 3.05) is 6.54 Å². The van der Waals surface area contributed by atoms with Crippen molar-refractivity contribution in [3.05, 3.63) is 50.0 Å². The lowest BCUT2D eigenvalue weighted by molar-refractivity contribution is 0.0651. The number of amides is 2. The van der Waals surface area contributed by atoms with Crippen LogP contribution >= 0.6 is 45.3 Å². The van der Waals surface area contributed by atoms with Gasteiger partial charge in [-0.3, -0.25) is 14.5 Å². The smallest absolute Gasteiger partial charge is 0.263 e. The zero-order chi connectivity index (χ0) is 33.3. The van der Waals surface area contributed by atoms with Crippen molar-refractivity contribution < 1.29 is 9.59 Å². The number of nitrogens with zero attached hydrogens (tertiary/aromatic N) is 1. The molecule has 0 radical (unpaired) electrons. The maximum absolute atomic E-state index is 14.0. The van der Waals surface area contributed by atoms with Gasteiger partial charge in [-0.25, -0.2) is 0 Å². The second kappa shape index (κ2) is 15.0. The third-order valence-corrected chi connectivity index (χ3v) is 21.5. The van der Waals surface area contributed by atoms with Gasteiger partial charge >= 0.3 is 0 Å². The minimum Gasteiger partial charge on any atom is -0.274 e. The van der Waals surface area contributed by atoms with Crippen LogP contribution in [-0.4, -0.2) is 31.3 Å². The van der Waals surface area contributed by atoms with Gasteiger partial charge in [0.05, 0.1) is 16.0 Å². The van der Waals surface area contributed by atoms with Gasteiger partial charge < -0.3 is 0 Å². The summed E-state index contributed by atoms with van der Waals surface area (Å²) in [6.45, 7) is 14.1. The minimum absolute atomic E-state index is 0.0734. The minimum atomic E-state index is -2.30. The maximum atomic E-state index is 14.0. The first-order chi connectivity index (χ1) is 22.8. The Kier molecular flexibility index (Phi) is 11.1. The monoisotopic (exact) mass is 721 g/mol. The first-order valence-corrected chi connectivity index (χ1v) is 23.6. The lowest BCUT2D eigenvalue weighted by Crippen LogP contribution is -2.64. The number of hydrogen-bond acceptors (Lipinski definition) is 6. The Bertz CT molecular complexity index is 1740. The molecule has 0 N–H and O–H groups in total. The van der Waals surface area contributed by atoms with Crippen molar-refractivity contribution in [3.8, 4) is 19.5 Å². The number of imide groups is 1. The highest BCUT2D eigenvalue weighted by Gasteiger charge is 2.52. The number of unbranched alkanes of at least 4 members (excludes halogenated alkanes) is 6. The molecule has 0 saturated heterocycles. The Hall–Kier alpha value is -1.84. The highest BCUT2D eigenvalue weighted by molar-refractivity contribution is 7.39. The molecule has 0 aromatic carbocycles. The van der Waals surface area contributed by atoms with Crippen LogP contribution in [0.4, 0.5) is 0 Å². The summed E-state index contributed by atoms with van der Waals surface area (Å²) in [4.78, 5) is 38.2. The topological polar surface area (TPSA) is 37.4 Å². The first kappa shape index (κ1) is 35.0. The van der Waals surface area contributed by atoms with E-state index < -0.39 is 8.07 Å². The van der Waals surface area contributed by atoms with Crippen molar-refractivity contribution in [1.82, 2.24) is 4.90 Å². The Labute approximate surface area is 299 Å². The van der Waals surface area contributed by atoms with Gasteiger partial charge in [-0.05, 0) is 67.2 Å². The predicted molar refractivity (Wildman–Crippen MR) is 210 cm³/mol. The van der Waals surface area contributed by atoms with Gasteiger partial charge in [0, 0.05) is 40.3 Å². The zero-order valence-electron chi connectivity index (χ0n) is 29.2. The van der Waals surface area contributed by atoms with Gasteiger partial charge in [-0.2, -0.15) is 0 Å². The van der Waals surface area contributed by atoms with Crippen molar-refractivity contribution in [1.29, 1.82) is 0 Å². The first-order valence-electron chi connectivity index (χ1n) is 18.1. The number of aryl methyl sites for hydroxylation is 3. The number of thiophene rings is 4. The molecule has 6 rings (SSSR count). The fraction of sp³-hybridized carbons (Fsp3) is 0.538. The van der Waals surface area contributed by atoms with Crippen LogP contribution in [0.3, 0.4) is 0 Å². The lowest BCUT2D eigenvalue weighted by Gasteiger charge is -2.32. The molecule has 4 aromatic heterocycles. The number of hydrogen-bond donors (Lipinski definition) is 0. The largest absolute Gasteiger partial charge is 0.274 e. The van der Waals surface area contributed by atoms with Crippen LogP contribution in [0.25, 0.3) is 19.5 Å². The Morgan fingerprint density at radius 2 is 1.43 bits per heavy atom. The molecular formula is C39H51NO2S4Si. The van der Waals surface area contributed by atoms with E-state index in [1.807, 2.05) is 29.6 Å². The molecule has 3 nitrogen and oxygen atoms in total. The number of fused-ring (bicyclic) bond motifs is 4. The number of carbonyl (C=O) groups excluding carboxylic acids is 2. The second-order valence-electron chi connectivity index (χ2n) is 13.8. The van der Waals surface area contributed by atoms with E-state index in [1.54, 1.807) is 31.1 Å². The third kappa shape index (κ3) is 6.35. The molecule has 0 aliphatic carbocycles. The molecule has 2 unspecified atom stereocenters. The van der Waals surface area contributed by atoms with Crippen molar-refractivity contribution in [2.45, 2.75) is 125 Å². The average molecular weight is 722 g/mol. The van der Waals surface area contributed by atoms with Crippen molar-refractivity contribution >= 4 is 80.1 Å². The molecule has 0 fully saturated rings.